The molecule has 0 aliphatic carbocycles. The third kappa shape index (κ3) is 3.80. The highest BCUT2D eigenvalue weighted by Crippen LogP contribution is 2.26. The first kappa shape index (κ1) is 11.9. The molecule has 0 saturated heterocycles. The maximum absolute atomic E-state index is 11.3. The van der Waals surface area contributed by atoms with Crippen molar-refractivity contribution in [1.29, 1.82) is 0 Å². The zero-order valence-electron chi connectivity index (χ0n) is 8.63. The average molecular weight is 228 g/mol. The first-order valence-electron chi connectivity index (χ1n) is 4.89. The Labute approximate surface area is 94.2 Å². The van der Waals surface area contributed by atoms with E-state index in [2.05, 4.69) is 0 Å². The lowest BCUT2D eigenvalue weighted by molar-refractivity contribution is -0.134. The highest BCUT2D eigenvalue weighted by Gasteiger charge is 2.07. The number of nitrogens with two attached hydrogens (primary N) is 1. The minimum absolute atomic E-state index is 0.261. The molecule has 0 atom stereocenters. The predicted octanol–water partition coefficient (Wildman–Crippen LogP) is 3.02. The van der Waals surface area contributed by atoms with Crippen LogP contribution < -0.4 is 10.5 Å². The van der Waals surface area contributed by atoms with Crippen LogP contribution in [0.15, 0.2) is 18.2 Å². The minimum atomic E-state index is -0.261. The molecule has 82 valence electrons. The third-order valence-corrected chi connectivity index (χ3v) is 2.21. The molecule has 0 radical (unpaired) electrons. The minimum Gasteiger partial charge on any atom is -0.425 e. The number of nitrogen functional groups attached to an aromatic ring is 1. The molecular weight excluding hydrogens is 214 g/mol. The van der Waals surface area contributed by atoms with Crippen LogP contribution in [-0.2, 0) is 4.79 Å². The fourth-order valence-corrected chi connectivity index (χ4v) is 1.32. The number of rotatable bonds is 4. The van der Waals surface area contributed by atoms with E-state index in [-0.39, 0.29) is 5.97 Å². The van der Waals surface area contributed by atoms with E-state index in [1.165, 1.54) is 0 Å². The van der Waals surface area contributed by atoms with Crippen LogP contribution in [0.2, 0.25) is 5.02 Å². The van der Waals surface area contributed by atoms with E-state index in [1.54, 1.807) is 18.2 Å². The normalized spacial score (nSPS) is 10.0. The number of anilines is 1. The van der Waals surface area contributed by atoms with Gasteiger partial charge in [-0.25, -0.2) is 0 Å². The monoisotopic (exact) mass is 227 g/mol. The standard InChI is InChI=1S/C11H14ClNO2/c1-2-3-4-11(14)15-10-6-5-8(13)7-9(10)12/h5-7H,2-4,13H2,1H3. The van der Waals surface area contributed by atoms with Crippen LogP contribution >= 0.6 is 11.6 Å². The number of halogens is 1. The van der Waals surface area contributed by atoms with E-state index in [0.717, 1.165) is 12.8 Å². The number of carbonyl (C=O) groups is 1. The van der Waals surface area contributed by atoms with Gasteiger partial charge in [0, 0.05) is 12.1 Å². The van der Waals surface area contributed by atoms with Gasteiger partial charge >= 0.3 is 5.97 Å². The molecule has 0 heterocycles. The summed E-state index contributed by atoms with van der Waals surface area (Å²) in [7, 11) is 0. The Balaban J connectivity index is 2.60. The van der Waals surface area contributed by atoms with Crippen LogP contribution in [0.3, 0.4) is 0 Å². The van der Waals surface area contributed by atoms with Gasteiger partial charge in [0.2, 0.25) is 0 Å². The number of unbranched alkanes of at least 4 members (excludes halogenated alkanes) is 1. The lowest BCUT2D eigenvalue weighted by atomic mass is 10.2. The fourth-order valence-electron chi connectivity index (χ4n) is 1.09. The van der Waals surface area contributed by atoms with E-state index in [1.807, 2.05) is 6.92 Å². The number of esters is 1. The molecule has 0 spiro atoms. The fraction of sp³-hybridized carbons (Fsp3) is 0.364. The van der Waals surface area contributed by atoms with Crippen molar-refractivity contribution in [3.05, 3.63) is 23.2 Å². The van der Waals surface area contributed by atoms with Crippen molar-refractivity contribution in [3.8, 4) is 5.75 Å². The summed E-state index contributed by atoms with van der Waals surface area (Å²) in [5.74, 6) is 0.107. The summed E-state index contributed by atoms with van der Waals surface area (Å²) in [4.78, 5) is 11.3. The molecule has 15 heavy (non-hydrogen) atoms. The van der Waals surface area contributed by atoms with Crippen molar-refractivity contribution >= 4 is 23.3 Å². The van der Waals surface area contributed by atoms with Gasteiger partial charge in [-0.3, -0.25) is 4.79 Å². The molecule has 0 aliphatic rings. The zero-order valence-corrected chi connectivity index (χ0v) is 9.38. The Kier molecular flexibility index (Phi) is 4.43. The Bertz CT molecular complexity index is 352. The molecule has 1 aromatic rings. The molecule has 3 nitrogen and oxygen atoms in total. The topological polar surface area (TPSA) is 52.3 Å². The van der Waals surface area contributed by atoms with Crippen molar-refractivity contribution in [1.82, 2.24) is 0 Å². The summed E-state index contributed by atoms with van der Waals surface area (Å²) < 4.78 is 5.08. The summed E-state index contributed by atoms with van der Waals surface area (Å²) >= 11 is 5.85. The Morgan fingerprint density at radius 1 is 1.53 bits per heavy atom. The number of hydrogen-bond donors (Lipinski definition) is 1. The maximum atomic E-state index is 11.3. The average Bonchev–Trinajstić information content (AvgIpc) is 2.19. The largest absolute Gasteiger partial charge is 0.425 e. The van der Waals surface area contributed by atoms with Gasteiger partial charge in [0.15, 0.2) is 0 Å². The second-order valence-corrected chi connectivity index (χ2v) is 3.67. The van der Waals surface area contributed by atoms with Crippen molar-refractivity contribution in [2.75, 3.05) is 5.73 Å². The molecule has 0 unspecified atom stereocenters. The van der Waals surface area contributed by atoms with E-state index in [4.69, 9.17) is 22.1 Å². The van der Waals surface area contributed by atoms with E-state index in [9.17, 15) is 4.79 Å². The Morgan fingerprint density at radius 3 is 2.87 bits per heavy atom. The number of benzene rings is 1. The molecule has 0 amide bonds. The SMILES string of the molecule is CCCCC(=O)Oc1ccc(N)cc1Cl. The molecule has 1 rings (SSSR count). The van der Waals surface area contributed by atoms with Crippen LogP contribution in [0, 0.1) is 0 Å². The molecule has 0 aromatic heterocycles. The zero-order chi connectivity index (χ0) is 11.3. The number of hydrogen-bond acceptors (Lipinski definition) is 3. The highest BCUT2D eigenvalue weighted by atomic mass is 35.5. The molecule has 1 aromatic carbocycles. The van der Waals surface area contributed by atoms with Gasteiger partial charge in [-0.15, -0.1) is 0 Å². The summed E-state index contributed by atoms with van der Waals surface area (Å²) in [5, 5.41) is 0.361. The van der Waals surface area contributed by atoms with Crippen LogP contribution in [-0.4, -0.2) is 5.97 Å². The lowest BCUT2D eigenvalue weighted by Gasteiger charge is -2.06. The molecule has 0 bridgehead atoms. The second kappa shape index (κ2) is 5.61. The highest BCUT2D eigenvalue weighted by molar-refractivity contribution is 6.32. The lowest BCUT2D eigenvalue weighted by Crippen LogP contribution is -2.07. The molecule has 2 N–H and O–H groups in total. The number of carbonyl (C=O) groups excluding carboxylic acids is 1. The smallest absolute Gasteiger partial charge is 0.311 e. The Morgan fingerprint density at radius 2 is 2.27 bits per heavy atom. The molecular formula is C11H14ClNO2. The quantitative estimate of drug-likeness (QED) is 0.489. The van der Waals surface area contributed by atoms with Gasteiger partial charge in [0.1, 0.15) is 5.75 Å². The van der Waals surface area contributed by atoms with Crippen molar-refractivity contribution in [3.63, 3.8) is 0 Å². The van der Waals surface area contributed by atoms with Gasteiger partial charge in [-0.05, 0) is 24.6 Å². The maximum Gasteiger partial charge on any atom is 0.311 e. The molecule has 0 fully saturated rings. The van der Waals surface area contributed by atoms with Crippen LogP contribution in [0.5, 0.6) is 5.75 Å². The van der Waals surface area contributed by atoms with Gasteiger partial charge in [0.25, 0.3) is 0 Å². The first-order chi connectivity index (χ1) is 7.13. The van der Waals surface area contributed by atoms with Gasteiger partial charge in [-0.1, -0.05) is 24.9 Å². The van der Waals surface area contributed by atoms with E-state index >= 15 is 0 Å². The molecule has 4 heteroatoms. The van der Waals surface area contributed by atoms with Gasteiger partial charge in [0.05, 0.1) is 5.02 Å². The summed E-state index contributed by atoms with van der Waals surface area (Å²) in [6, 6.07) is 4.81. The molecule has 0 saturated carbocycles. The van der Waals surface area contributed by atoms with Crippen molar-refractivity contribution in [2.45, 2.75) is 26.2 Å². The van der Waals surface area contributed by atoms with Gasteiger partial charge in [-0.2, -0.15) is 0 Å². The molecule has 0 aliphatic heterocycles. The van der Waals surface area contributed by atoms with E-state index in [0.29, 0.717) is 22.9 Å². The van der Waals surface area contributed by atoms with Crippen molar-refractivity contribution < 1.29 is 9.53 Å². The van der Waals surface area contributed by atoms with Gasteiger partial charge < -0.3 is 10.5 Å². The third-order valence-electron chi connectivity index (χ3n) is 1.91. The first-order valence-corrected chi connectivity index (χ1v) is 5.27. The summed E-state index contributed by atoms with van der Waals surface area (Å²) in [6.07, 6.45) is 2.20. The van der Waals surface area contributed by atoms with Crippen LogP contribution in [0.4, 0.5) is 5.69 Å². The second-order valence-electron chi connectivity index (χ2n) is 3.27. The summed E-state index contributed by atoms with van der Waals surface area (Å²) in [5.41, 5.74) is 6.06. The van der Waals surface area contributed by atoms with E-state index < -0.39 is 0 Å². The Hall–Kier alpha value is -1.22. The summed E-state index contributed by atoms with van der Waals surface area (Å²) in [6.45, 7) is 2.02. The van der Waals surface area contributed by atoms with Crippen molar-refractivity contribution in [2.24, 2.45) is 0 Å². The predicted molar refractivity (Wildman–Crippen MR) is 61.0 cm³/mol. The van der Waals surface area contributed by atoms with Crippen LogP contribution in [0.1, 0.15) is 26.2 Å². The number of ether oxygens (including phenoxy) is 1. The van der Waals surface area contributed by atoms with Crippen LogP contribution in [0.25, 0.3) is 0 Å².